The molecule has 0 aromatic carbocycles. The summed E-state index contributed by atoms with van der Waals surface area (Å²) in [5.41, 5.74) is 0. The van der Waals surface area contributed by atoms with Gasteiger partial charge in [-0.15, -0.1) is 0 Å². The molecule has 15 heavy (non-hydrogen) atoms. The van der Waals surface area contributed by atoms with Crippen LogP contribution in [0.2, 0.25) is 0 Å². The lowest BCUT2D eigenvalue weighted by Gasteiger charge is -2.28. The number of rotatable bonds is 3. The topological polar surface area (TPSA) is 77.8 Å². The zero-order chi connectivity index (χ0) is 11.5. The van der Waals surface area contributed by atoms with Gasteiger partial charge in [0, 0.05) is 6.54 Å². The summed E-state index contributed by atoms with van der Waals surface area (Å²) in [5, 5.41) is -0.853. The highest BCUT2D eigenvalue weighted by molar-refractivity contribution is 7.97. The molecule has 0 unspecified atom stereocenters. The normalized spacial score (nSPS) is 18.9. The van der Waals surface area contributed by atoms with Crippen molar-refractivity contribution in [2.45, 2.75) is 32.1 Å². The van der Waals surface area contributed by atoms with Crippen LogP contribution >= 0.6 is 20.4 Å². The molecule has 0 aliphatic heterocycles. The zero-order valence-corrected chi connectivity index (χ0v) is 10.2. The molecule has 1 amide bonds. The first-order chi connectivity index (χ1) is 6.91. The number of hydrogen-bond donors (Lipinski definition) is 3. The number of carbonyl (C=O) groups is 1. The summed E-state index contributed by atoms with van der Waals surface area (Å²) in [4.78, 5) is 28.9. The van der Waals surface area contributed by atoms with Crippen molar-refractivity contribution in [3.8, 4) is 0 Å². The third-order valence-electron chi connectivity index (χ3n) is 2.69. The van der Waals surface area contributed by atoms with Gasteiger partial charge in [0.25, 0.3) is 5.24 Å². The Morgan fingerprint density at radius 3 is 2.27 bits per heavy atom. The van der Waals surface area contributed by atoms with Crippen LogP contribution in [0.1, 0.15) is 32.1 Å². The highest BCUT2D eigenvalue weighted by atomic mass is 32.1. The first kappa shape index (κ1) is 13.0. The van der Waals surface area contributed by atoms with Crippen molar-refractivity contribution in [3.63, 3.8) is 0 Å². The van der Waals surface area contributed by atoms with E-state index in [2.05, 4.69) is 12.6 Å². The highest BCUT2D eigenvalue weighted by Crippen LogP contribution is 2.42. The molecule has 0 radical (unpaired) electrons. The molecule has 7 heteroatoms. The summed E-state index contributed by atoms with van der Waals surface area (Å²) in [6.45, 7) is 0.118. The van der Waals surface area contributed by atoms with Crippen molar-refractivity contribution >= 4 is 25.6 Å². The Morgan fingerprint density at radius 2 is 1.87 bits per heavy atom. The summed E-state index contributed by atoms with van der Waals surface area (Å²) < 4.78 is 11.6. The average molecular weight is 253 g/mol. The third-order valence-corrected chi connectivity index (χ3v) is 4.06. The highest BCUT2D eigenvalue weighted by Gasteiger charge is 2.31. The van der Waals surface area contributed by atoms with Gasteiger partial charge in [0.15, 0.2) is 0 Å². The summed E-state index contributed by atoms with van der Waals surface area (Å²) in [6.07, 6.45) is 5.16. The largest absolute Gasteiger partial charge is 0.432 e. The van der Waals surface area contributed by atoms with Gasteiger partial charge in [0.1, 0.15) is 0 Å². The van der Waals surface area contributed by atoms with Gasteiger partial charge < -0.3 is 9.79 Å². The van der Waals surface area contributed by atoms with E-state index in [9.17, 15) is 9.36 Å². The molecule has 88 valence electrons. The van der Waals surface area contributed by atoms with E-state index >= 15 is 0 Å². The second-order valence-corrected chi connectivity index (χ2v) is 5.77. The fourth-order valence-corrected chi connectivity index (χ4v) is 3.01. The number of carbonyl (C=O) groups excluding carboxylic acids is 1. The van der Waals surface area contributed by atoms with Crippen LogP contribution in [0, 0.1) is 5.92 Å². The summed E-state index contributed by atoms with van der Waals surface area (Å²) in [7, 11) is -4.49. The third kappa shape index (κ3) is 4.15. The molecule has 0 spiro atoms. The fraction of sp³-hybridized carbons (Fsp3) is 0.875. The second-order valence-electron chi connectivity index (χ2n) is 3.88. The molecular formula is C8H16NO4PS. The van der Waals surface area contributed by atoms with Crippen molar-refractivity contribution in [2.24, 2.45) is 5.92 Å². The van der Waals surface area contributed by atoms with Crippen LogP contribution in [0.5, 0.6) is 0 Å². The predicted molar refractivity (Wildman–Crippen MR) is 59.7 cm³/mol. The number of amides is 1. The number of thiol groups is 1. The van der Waals surface area contributed by atoms with Crippen LogP contribution in [0.3, 0.4) is 0 Å². The molecule has 1 fully saturated rings. The van der Waals surface area contributed by atoms with Gasteiger partial charge in [0.2, 0.25) is 0 Å². The van der Waals surface area contributed by atoms with Crippen LogP contribution in [-0.2, 0) is 4.57 Å². The lowest BCUT2D eigenvalue weighted by atomic mass is 9.89. The number of hydrogen-bond acceptors (Lipinski definition) is 2. The van der Waals surface area contributed by atoms with E-state index in [1.165, 1.54) is 6.42 Å². The Balaban J connectivity index is 2.58. The maximum atomic E-state index is 11.0. The molecule has 1 saturated carbocycles. The van der Waals surface area contributed by atoms with Crippen LogP contribution in [-0.4, -0.2) is 26.2 Å². The summed E-state index contributed by atoms with van der Waals surface area (Å²) in [5.74, 6) is 0.197. The van der Waals surface area contributed by atoms with E-state index in [1.54, 1.807) is 0 Å². The fourth-order valence-electron chi connectivity index (χ4n) is 1.91. The van der Waals surface area contributed by atoms with Gasteiger partial charge in [-0.2, -0.15) is 0 Å². The average Bonchev–Trinajstić information content (AvgIpc) is 2.13. The van der Waals surface area contributed by atoms with E-state index in [4.69, 9.17) is 9.79 Å². The molecule has 2 N–H and O–H groups in total. The Bertz CT molecular complexity index is 274. The van der Waals surface area contributed by atoms with E-state index in [-0.39, 0.29) is 12.5 Å². The van der Waals surface area contributed by atoms with E-state index in [1.807, 2.05) is 0 Å². The standard InChI is InChI=1S/C8H16NO4PS/c10-8(15)9(14(11,12)13)6-7-4-2-1-3-5-7/h7H,1-6H2,(H,10,15)(H2,11,12,13). The lowest BCUT2D eigenvalue weighted by Crippen LogP contribution is -2.30. The minimum atomic E-state index is -4.49. The SMILES string of the molecule is O=C(S)N(CC1CCCCC1)P(=O)(O)O. The molecule has 0 heterocycles. The van der Waals surface area contributed by atoms with E-state index in [0.29, 0.717) is 4.67 Å². The number of nitrogens with zero attached hydrogens (tertiary/aromatic N) is 1. The molecule has 5 nitrogen and oxygen atoms in total. The minimum absolute atomic E-state index is 0.118. The van der Waals surface area contributed by atoms with Crippen molar-refractivity contribution in [3.05, 3.63) is 0 Å². The quantitative estimate of drug-likeness (QED) is 0.531. The van der Waals surface area contributed by atoms with E-state index < -0.39 is 13.0 Å². The van der Waals surface area contributed by atoms with Crippen LogP contribution in [0.4, 0.5) is 4.79 Å². The molecule has 0 atom stereocenters. The minimum Gasteiger partial charge on any atom is -0.308 e. The van der Waals surface area contributed by atoms with Crippen LogP contribution in [0.15, 0.2) is 0 Å². The van der Waals surface area contributed by atoms with Crippen LogP contribution < -0.4 is 0 Å². The maximum absolute atomic E-state index is 11.0. The Kier molecular flexibility index (Phi) is 4.64. The maximum Gasteiger partial charge on any atom is 0.432 e. The second kappa shape index (κ2) is 5.34. The zero-order valence-electron chi connectivity index (χ0n) is 8.37. The molecule has 1 aliphatic rings. The van der Waals surface area contributed by atoms with Crippen LogP contribution in [0.25, 0.3) is 0 Å². The predicted octanol–water partition coefficient (Wildman–Crippen LogP) is 2.01. The summed E-state index contributed by atoms with van der Waals surface area (Å²) in [6, 6.07) is 0. The van der Waals surface area contributed by atoms with Gasteiger partial charge in [-0.3, -0.25) is 4.79 Å². The van der Waals surface area contributed by atoms with Gasteiger partial charge in [-0.1, -0.05) is 31.9 Å². The Labute approximate surface area is 94.5 Å². The monoisotopic (exact) mass is 253 g/mol. The van der Waals surface area contributed by atoms with Gasteiger partial charge in [0.05, 0.1) is 0 Å². The first-order valence-corrected chi connectivity index (χ1v) is 6.99. The molecule has 1 aliphatic carbocycles. The van der Waals surface area contributed by atoms with E-state index in [0.717, 1.165) is 25.7 Å². The molecule has 1 rings (SSSR count). The molecule has 0 aromatic rings. The van der Waals surface area contributed by atoms with Gasteiger partial charge in [-0.05, 0) is 18.8 Å². The molecular weight excluding hydrogens is 237 g/mol. The van der Waals surface area contributed by atoms with Crippen molar-refractivity contribution < 1.29 is 19.1 Å². The first-order valence-electron chi connectivity index (χ1n) is 4.97. The van der Waals surface area contributed by atoms with Gasteiger partial charge >= 0.3 is 7.75 Å². The molecule has 0 saturated heterocycles. The van der Waals surface area contributed by atoms with Crippen molar-refractivity contribution in [1.29, 1.82) is 0 Å². The summed E-state index contributed by atoms with van der Waals surface area (Å²) >= 11 is 3.48. The Morgan fingerprint density at radius 1 is 1.33 bits per heavy atom. The molecule has 0 aromatic heterocycles. The Hall–Kier alpha value is -0.0300. The molecule has 0 bridgehead atoms. The smallest absolute Gasteiger partial charge is 0.308 e. The van der Waals surface area contributed by atoms with Gasteiger partial charge in [-0.25, -0.2) is 9.24 Å². The van der Waals surface area contributed by atoms with Crippen molar-refractivity contribution in [1.82, 2.24) is 4.67 Å². The van der Waals surface area contributed by atoms with Crippen molar-refractivity contribution in [2.75, 3.05) is 6.54 Å². The lowest BCUT2D eigenvalue weighted by molar-refractivity contribution is 0.213.